The Bertz CT molecular complexity index is 646. The Hall–Kier alpha value is -0.670. The molecule has 1 heterocycles. The number of hydrogen-bond donors (Lipinski definition) is 0. The Morgan fingerprint density at radius 2 is 1.93 bits per heavy atom. The molecule has 4 rings (SSSR count). The van der Waals surface area contributed by atoms with Crippen molar-refractivity contribution in [3.63, 3.8) is 0 Å². The summed E-state index contributed by atoms with van der Waals surface area (Å²) in [5.74, 6) is 2.08. The van der Waals surface area contributed by atoms with E-state index in [0.717, 1.165) is 38.7 Å². The quantitative estimate of drug-likeness (QED) is 0.488. The summed E-state index contributed by atoms with van der Waals surface area (Å²) in [7, 11) is 0. The van der Waals surface area contributed by atoms with E-state index in [-0.39, 0.29) is 34.6 Å². The smallest absolute Gasteiger partial charge is 0.158 e. The van der Waals surface area contributed by atoms with Gasteiger partial charge in [0, 0.05) is 24.4 Å². The average Bonchev–Trinajstić information content (AvgIpc) is 3.11. The van der Waals surface area contributed by atoms with E-state index >= 15 is 0 Å². The summed E-state index contributed by atoms with van der Waals surface area (Å²) < 4.78 is 12.4. The highest BCUT2D eigenvalue weighted by Crippen LogP contribution is 2.60. The van der Waals surface area contributed by atoms with Crippen LogP contribution in [0, 0.1) is 34.0 Å². The van der Waals surface area contributed by atoms with Gasteiger partial charge in [0.2, 0.25) is 0 Å². The minimum Gasteiger partial charge on any atom is -0.353 e. The van der Waals surface area contributed by atoms with Crippen molar-refractivity contribution in [1.29, 1.82) is 0 Å². The Morgan fingerprint density at radius 3 is 2.59 bits per heavy atom. The van der Waals surface area contributed by atoms with Crippen LogP contribution in [0.25, 0.3) is 0 Å². The molecule has 3 saturated carbocycles. The van der Waals surface area contributed by atoms with Gasteiger partial charge in [-0.2, -0.15) is 0 Å². The predicted molar refractivity (Wildman–Crippen MR) is 116 cm³/mol. The number of Topliss-reactive ketones (excluding diaryl/α,β-unsaturated/α-hetero) is 1. The summed E-state index contributed by atoms with van der Waals surface area (Å²) in [6.07, 6.45) is 14.8. The average molecular weight is 403 g/mol. The second kappa shape index (κ2) is 7.79. The van der Waals surface area contributed by atoms with Crippen LogP contribution in [0.15, 0.2) is 12.2 Å². The normalized spacial score (nSPS) is 44.1. The van der Waals surface area contributed by atoms with E-state index in [2.05, 4.69) is 46.8 Å². The molecule has 0 aromatic heterocycles. The van der Waals surface area contributed by atoms with Gasteiger partial charge in [-0.25, -0.2) is 0 Å². The topological polar surface area (TPSA) is 35.5 Å². The summed E-state index contributed by atoms with van der Waals surface area (Å²) in [6.45, 7) is 12.7. The number of hydrogen-bond acceptors (Lipinski definition) is 3. The number of rotatable bonds is 6. The molecule has 3 aliphatic carbocycles. The molecule has 0 aromatic rings. The molecule has 0 radical (unpaired) electrons. The molecule has 7 unspecified atom stereocenters. The van der Waals surface area contributed by atoms with Crippen molar-refractivity contribution in [1.82, 2.24) is 0 Å². The second-order valence-electron chi connectivity index (χ2n) is 11.7. The number of fused-ring (bicyclic) bond motifs is 1. The summed E-state index contributed by atoms with van der Waals surface area (Å²) in [5, 5.41) is 0. The Morgan fingerprint density at radius 1 is 1.17 bits per heavy atom. The first-order valence-electron chi connectivity index (χ1n) is 12.2. The number of ketones is 1. The molecule has 4 fully saturated rings. The third-order valence-corrected chi connectivity index (χ3v) is 9.26. The third kappa shape index (κ3) is 3.99. The van der Waals surface area contributed by atoms with Crippen LogP contribution in [0.3, 0.4) is 0 Å². The fraction of sp³-hybridized carbons (Fsp3) is 0.885. The van der Waals surface area contributed by atoms with Crippen LogP contribution in [0.1, 0.15) is 92.4 Å². The Kier molecular flexibility index (Phi) is 5.79. The first kappa shape index (κ1) is 21.6. The van der Waals surface area contributed by atoms with Crippen LogP contribution in [0.2, 0.25) is 0 Å². The fourth-order valence-electron chi connectivity index (χ4n) is 7.00. The predicted octanol–water partition coefficient (Wildman–Crippen LogP) is 6.31. The maximum Gasteiger partial charge on any atom is 0.158 e. The zero-order valence-electron chi connectivity index (χ0n) is 19.3. The van der Waals surface area contributed by atoms with Gasteiger partial charge < -0.3 is 9.47 Å². The lowest BCUT2D eigenvalue weighted by atomic mass is 9.58. The van der Waals surface area contributed by atoms with Crippen LogP contribution in [-0.2, 0) is 14.3 Å². The standard InChI is InChI=1S/C26H42O3/c1-18-17-26(18,5)22(29-23-10-6-7-16-28-23)13-15-24(2,3)21-12-11-19-20(27)9-8-14-25(19,21)4/h13,15,18-19,21-23H,6-12,14,16-17H2,1-5H3. The zero-order valence-corrected chi connectivity index (χ0v) is 19.3. The molecule has 0 aromatic carbocycles. The minimum absolute atomic E-state index is 0.0459. The van der Waals surface area contributed by atoms with E-state index in [0.29, 0.717) is 17.6 Å². The highest BCUT2D eigenvalue weighted by Gasteiger charge is 2.56. The third-order valence-electron chi connectivity index (χ3n) is 9.26. The van der Waals surface area contributed by atoms with E-state index in [9.17, 15) is 4.79 Å². The van der Waals surface area contributed by atoms with E-state index in [1.54, 1.807) is 0 Å². The lowest BCUT2D eigenvalue weighted by Crippen LogP contribution is -2.42. The minimum atomic E-state index is -0.0459. The van der Waals surface area contributed by atoms with E-state index in [1.807, 2.05) is 0 Å². The monoisotopic (exact) mass is 402 g/mol. The van der Waals surface area contributed by atoms with Gasteiger partial charge in [-0.05, 0) is 74.0 Å². The van der Waals surface area contributed by atoms with Crippen molar-refractivity contribution in [2.75, 3.05) is 6.61 Å². The van der Waals surface area contributed by atoms with Gasteiger partial charge in [-0.1, -0.05) is 46.8 Å². The molecule has 3 heteroatoms. The Labute approximate surface area is 178 Å². The largest absolute Gasteiger partial charge is 0.353 e. The van der Waals surface area contributed by atoms with E-state index < -0.39 is 0 Å². The molecule has 7 atom stereocenters. The van der Waals surface area contributed by atoms with Crippen LogP contribution in [0.5, 0.6) is 0 Å². The summed E-state index contributed by atoms with van der Waals surface area (Å²) >= 11 is 0. The van der Waals surface area contributed by atoms with Crippen LogP contribution < -0.4 is 0 Å². The molecule has 1 aliphatic heterocycles. The zero-order chi connectivity index (χ0) is 20.9. The first-order valence-corrected chi connectivity index (χ1v) is 12.2. The molecule has 0 amide bonds. The summed E-state index contributed by atoms with van der Waals surface area (Å²) in [4.78, 5) is 12.6. The van der Waals surface area contributed by atoms with Gasteiger partial charge >= 0.3 is 0 Å². The fourth-order valence-corrected chi connectivity index (χ4v) is 7.00. The summed E-state index contributed by atoms with van der Waals surface area (Å²) in [5.41, 5.74) is 0.476. The number of ether oxygens (including phenoxy) is 2. The summed E-state index contributed by atoms with van der Waals surface area (Å²) in [6, 6.07) is 0. The van der Waals surface area contributed by atoms with Crippen LogP contribution in [-0.4, -0.2) is 24.8 Å². The molecule has 164 valence electrons. The molecule has 0 spiro atoms. The maximum atomic E-state index is 12.6. The molecular weight excluding hydrogens is 360 g/mol. The van der Waals surface area contributed by atoms with Gasteiger partial charge in [0.15, 0.2) is 6.29 Å². The molecule has 0 N–H and O–H groups in total. The molecular formula is C26H42O3. The number of allylic oxidation sites excluding steroid dienone is 1. The van der Waals surface area contributed by atoms with Gasteiger partial charge in [0.05, 0.1) is 6.10 Å². The van der Waals surface area contributed by atoms with Crippen LogP contribution in [0.4, 0.5) is 0 Å². The first-order chi connectivity index (χ1) is 13.7. The number of carbonyl (C=O) groups excluding carboxylic acids is 1. The van der Waals surface area contributed by atoms with Crippen LogP contribution >= 0.6 is 0 Å². The van der Waals surface area contributed by atoms with Gasteiger partial charge in [0.25, 0.3) is 0 Å². The maximum absolute atomic E-state index is 12.6. The number of carbonyl (C=O) groups is 1. The van der Waals surface area contributed by atoms with E-state index in [1.165, 1.54) is 25.7 Å². The SMILES string of the molecule is CC1CC1(C)C(C=CC(C)(C)C1CCC2C(=O)CCCC21C)OC1CCCCO1. The molecule has 1 saturated heterocycles. The highest BCUT2D eigenvalue weighted by molar-refractivity contribution is 5.83. The van der Waals surface area contributed by atoms with Crippen molar-refractivity contribution >= 4 is 5.78 Å². The highest BCUT2D eigenvalue weighted by atomic mass is 16.7. The molecule has 0 bridgehead atoms. The van der Waals surface area contributed by atoms with E-state index in [4.69, 9.17) is 9.47 Å². The van der Waals surface area contributed by atoms with Gasteiger partial charge in [-0.15, -0.1) is 0 Å². The molecule has 4 aliphatic rings. The van der Waals surface area contributed by atoms with Gasteiger partial charge in [0.1, 0.15) is 5.78 Å². The Balaban J connectivity index is 1.50. The molecule has 29 heavy (non-hydrogen) atoms. The van der Waals surface area contributed by atoms with Crippen molar-refractivity contribution in [2.45, 2.75) is 105 Å². The molecule has 3 nitrogen and oxygen atoms in total. The van der Waals surface area contributed by atoms with Gasteiger partial charge in [-0.3, -0.25) is 4.79 Å². The lowest BCUT2D eigenvalue weighted by Gasteiger charge is -2.45. The van der Waals surface area contributed by atoms with Crippen molar-refractivity contribution in [2.24, 2.45) is 34.0 Å². The lowest BCUT2D eigenvalue weighted by molar-refractivity contribution is -0.190. The van der Waals surface area contributed by atoms with Crippen molar-refractivity contribution in [3.8, 4) is 0 Å². The second-order valence-corrected chi connectivity index (χ2v) is 11.7. The van der Waals surface area contributed by atoms with Crippen molar-refractivity contribution in [3.05, 3.63) is 12.2 Å². The van der Waals surface area contributed by atoms with Crippen molar-refractivity contribution < 1.29 is 14.3 Å².